The maximum Gasteiger partial charge on any atom is 0.270 e. The summed E-state index contributed by atoms with van der Waals surface area (Å²) < 4.78 is 29.1. The van der Waals surface area contributed by atoms with Gasteiger partial charge in [0.15, 0.2) is 11.6 Å². The Balaban J connectivity index is 1.22. The summed E-state index contributed by atoms with van der Waals surface area (Å²) in [5, 5.41) is 0.669. The topological polar surface area (TPSA) is 47.9 Å². The molecule has 0 radical (unpaired) electrons. The van der Waals surface area contributed by atoms with Crippen molar-refractivity contribution in [3.63, 3.8) is 0 Å². The van der Waals surface area contributed by atoms with E-state index in [2.05, 4.69) is 21.7 Å². The van der Waals surface area contributed by atoms with Crippen LogP contribution in [0.5, 0.6) is 0 Å². The highest BCUT2D eigenvalue weighted by Gasteiger charge is 2.31. The van der Waals surface area contributed by atoms with E-state index < -0.39 is 11.6 Å². The number of benzene rings is 1. The van der Waals surface area contributed by atoms with Gasteiger partial charge in [0.2, 0.25) is 0 Å². The number of anilines is 2. The first-order valence-electron chi connectivity index (χ1n) is 13.0. The first-order chi connectivity index (χ1) is 18.2. The Bertz CT molecular complexity index is 1320. The number of rotatable bonds is 5. The minimum atomic E-state index is -0.859. The van der Waals surface area contributed by atoms with Gasteiger partial charge in [0.25, 0.3) is 5.91 Å². The quantitative estimate of drug-likeness (QED) is 0.480. The second kappa shape index (κ2) is 10.9. The minimum Gasteiger partial charge on any atom is -0.368 e. The van der Waals surface area contributed by atoms with E-state index in [0.717, 1.165) is 55.9 Å². The van der Waals surface area contributed by atoms with E-state index in [1.54, 1.807) is 12.3 Å². The van der Waals surface area contributed by atoms with Crippen LogP contribution >= 0.6 is 11.6 Å². The predicted octanol–water partition coefficient (Wildman–Crippen LogP) is 4.33. The molecule has 0 bridgehead atoms. The van der Waals surface area contributed by atoms with Crippen LogP contribution in [0.4, 0.5) is 20.3 Å². The Morgan fingerprint density at radius 3 is 2.45 bits per heavy atom. The van der Waals surface area contributed by atoms with Crippen LogP contribution in [0.3, 0.4) is 0 Å². The Kier molecular flexibility index (Phi) is 7.59. The molecule has 1 amide bonds. The molecule has 38 heavy (non-hydrogen) atoms. The summed E-state index contributed by atoms with van der Waals surface area (Å²) in [6.45, 7) is 9.89. The maximum absolute atomic E-state index is 13.7. The zero-order valence-corrected chi connectivity index (χ0v) is 22.8. The fraction of sp³-hybridized carbons (Fsp3) is 0.429. The van der Waals surface area contributed by atoms with Crippen molar-refractivity contribution in [2.24, 2.45) is 7.05 Å². The van der Waals surface area contributed by atoms with Gasteiger partial charge in [-0.15, -0.1) is 0 Å². The van der Waals surface area contributed by atoms with Crippen molar-refractivity contribution in [2.45, 2.75) is 26.4 Å². The number of hydrogen-bond acceptors (Lipinski definition) is 5. The number of aromatic nitrogens is 2. The second-order valence-corrected chi connectivity index (χ2v) is 10.6. The predicted molar refractivity (Wildman–Crippen MR) is 146 cm³/mol. The standard InChI is InChI=1S/C28H33ClF2N6O/c1-19-17-36(22-6-7-24(30)25(31)16-22)13-14-37(19)28(38)26-15-21(20(2)33(26)3)18-34-9-11-35(12-10-34)27-23(29)5-4-8-32-27/h4-8,15-16,19H,9-14,17-18H2,1-3H3/t19-/m0/s1. The van der Waals surface area contributed by atoms with Gasteiger partial charge in [-0.3, -0.25) is 9.69 Å². The maximum atomic E-state index is 13.7. The van der Waals surface area contributed by atoms with Gasteiger partial charge in [0.05, 0.1) is 5.02 Å². The molecule has 0 unspecified atom stereocenters. The number of piperazine rings is 2. The van der Waals surface area contributed by atoms with Gasteiger partial charge in [0.1, 0.15) is 11.5 Å². The van der Waals surface area contributed by atoms with E-state index in [1.165, 1.54) is 6.07 Å². The molecule has 2 aliphatic rings. The summed E-state index contributed by atoms with van der Waals surface area (Å²) in [4.78, 5) is 26.5. The molecule has 0 spiro atoms. The van der Waals surface area contributed by atoms with Crippen molar-refractivity contribution in [1.82, 2.24) is 19.4 Å². The van der Waals surface area contributed by atoms with E-state index in [1.807, 2.05) is 46.5 Å². The molecule has 2 saturated heterocycles. The molecule has 1 aromatic carbocycles. The van der Waals surface area contributed by atoms with Crippen LogP contribution < -0.4 is 9.80 Å². The molecule has 4 heterocycles. The summed E-state index contributed by atoms with van der Waals surface area (Å²) in [5.41, 5.74) is 3.53. The van der Waals surface area contributed by atoms with E-state index in [-0.39, 0.29) is 11.9 Å². The lowest BCUT2D eigenvalue weighted by atomic mass is 10.1. The van der Waals surface area contributed by atoms with Crippen molar-refractivity contribution >= 4 is 29.0 Å². The summed E-state index contributed by atoms with van der Waals surface area (Å²) in [6, 6.07) is 9.60. The van der Waals surface area contributed by atoms with Gasteiger partial charge in [-0.1, -0.05) is 11.6 Å². The number of hydrogen-bond donors (Lipinski definition) is 0. The van der Waals surface area contributed by atoms with Crippen LogP contribution in [0.25, 0.3) is 0 Å². The zero-order chi connectivity index (χ0) is 27.0. The number of amides is 1. The summed E-state index contributed by atoms with van der Waals surface area (Å²) in [7, 11) is 1.94. The van der Waals surface area contributed by atoms with Crippen LogP contribution in [0.1, 0.15) is 28.7 Å². The normalized spacial score (nSPS) is 18.8. The third-order valence-electron chi connectivity index (χ3n) is 7.82. The molecule has 2 aliphatic heterocycles. The van der Waals surface area contributed by atoms with Gasteiger partial charge >= 0.3 is 0 Å². The highest BCUT2D eigenvalue weighted by Crippen LogP contribution is 2.26. The molecular weight excluding hydrogens is 510 g/mol. The molecule has 0 N–H and O–H groups in total. The SMILES string of the molecule is Cc1c(CN2CCN(c3ncccc3Cl)CC2)cc(C(=O)N2CCN(c3ccc(F)c(F)c3)C[C@@H]2C)n1C. The number of carbonyl (C=O) groups excluding carboxylic acids is 1. The lowest BCUT2D eigenvalue weighted by Gasteiger charge is -2.41. The highest BCUT2D eigenvalue weighted by molar-refractivity contribution is 6.32. The molecule has 2 aromatic heterocycles. The third-order valence-corrected chi connectivity index (χ3v) is 8.12. The van der Waals surface area contributed by atoms with Crippen molar-refractivity contribution in [3.8, 4) is 0 Å². The van der Waals surface area contributed by atoms with Crippen molar-refractivity contribution in [1.29, 1.82) is 0 Å². The first kappa shape index (κ1) is 26.4. The lowest BCUT2D eigenvalue weighted by molar-refractivity contribution is 0.0664. The largest absolute Gasteiger partial charge is 0.368 e. The van der Waals surface area contributed by atoms with Crippen LogP contribution in [0.2, 0.25) is 5.02 Å². The number of pyridine rings is 1. The van der Waals surface area contributed by atoms with E-state index in [0.29, 0.717) is 36.0 Å². The van der Waals surface area contributed by atoms with Gasteiger partial charge in [-0.25, -0.2) is 13.8 Å². The Labute approximate surface area is 227 Å². The molecule has 202 valence electrons. The average Bonchev–Trinajstić information content (AvgIpc) is 3.19. The van der Waals surface area contributed by atoms with Crippen molar-refractivity contribution < 1.29 is 13.6 Å². The molecular formula is C28H33ClF2N6O. The smallest absolute Gasteiger partial charge is 0.270 e. The Morgan fingerprint density at radius 1 is 1.03 bits per heavy atom. The molecule has 1 atom stereocenters. The first-order valence-corrected chi connectivity index (χ1v) is 13.3. The number of nitrogens with zero attached hydrogens (tertiary/aromatic N) is 6. The molecule has 2 fully saturated rings. The fourth-order valence-corrected chi connectivity index (χ4v) is 5.66. The summed E-state index contributed by atoms with van der Waals surface area (Å²) in [5.74, 6) is -0.891. The van der Waals surface area contributed by atoms with Crippen LogP contribution in [0.15, 0.2) is 42.6 Å². The van der Waals surface area contributed by atoms with Crippen LogP contribution in [-0.4, -0.2) is 77.1 Å². The Morgan fingerprint density at radius 2 is 1.76 bits per heavy atom. The number of carbonyl (C=O) groups is 1. The monoisotopic (exact) mass is 542 g/mol. The highest BCUT2D eigenvalue weighted by atomic mass is 35.5. The van der Waals surface area contributed by atoms with Gasteiger partial charge in [-0.2, -0.15) is 0 Å². The van der Waals surface area contributed by atoms with Crippen molar-refractivity contribution in [3.05, 3.63) is 76.2 Å². The van der Waals surface area contributed by atoms with Gasteiger partial charge in [0, 0.05) is 89.1 Å². The van der Waals surface area contributed by atoms with Crippen LogP contribution in [0, 0.1) is 18.6 Å². The summed E-state index contributed by atoms with van der Waals surface area (Å²) >= 11 is 6.33. The average molecular weight is 543 g/mol. The Hall–Kier alpha value is -3.17. The summed E-state index contributed by atoms with van der Waals surface area (Å²) in [6.07, 6.45) is 1.77. The van der Waals surface area contributed by atoms with E-state index >= 15 is 0 Å². The fourth-order valence-electron chi connectivity index (χ4n) is 5.42. The lowest BCUT2D eigenvalue weighted by Crippen LogP contribution is -2.54. The molecule has 7 nitrogen and oxygen atoms in total. The molecule has 0 aliphatic carbocycles. The molecule has 0 saturated carbocycles. The minimum absolute atomic E-state index is 0.00565. The molecule has 10 heteroatoms. The zero-order valence-electron chi connectivity index (χ0n) is 22.0. The second-order valence-electron chi connectivity index (χ2n) is 10.2. The van der Waals surface area contributed by atoms with E-state index in [9.17, 15) is 13.6 Å². The third kappa shape index (κ3) is 5.22. The molecule has 3 aromatic rings. The molecule has 5 rings (SSSR count). The van der Waals surface area contributed by atoms with Gasteiger partial charge < -0.3 is 19.3 Å². The van der Waals surface area contributed by atoms with Crippen LogP contribution in [-0.2, 0) is 13.6 Å². The van der Waals surface area contributed by atoms with E-state index in [4.69, 9.17) is 11.6 Å². The van der Waals surface area contributed by atoms with Gasteiger partial charge in [-0.05, 0) is 49.7 Å². The van der Waals surface area contributed by atoms with Crippen molar-refractivity contribution in [2.75, 3.05) is 55.6 Å². The number of halogens is 3.